The highest BCUT2D eigenvalue weighted by atomic mass is 19.1. The molecule has 4 atom stereocenters. The predicted octanol–water partition coefficient (Wildman–Crippen LogP) is 4.79. The van der Waals surface area contributed by atoms with Gasteiger partial charge in [-0.15, -0.1) is 0 Å². The Balaban J connectivity index is 0.000000240. The second-order valence-electron chi connectivity index (χ2n) is 7.96. The zero-order valence-corrected chi connectivity index (χ0v) is 16.7. The van der Waals surface area contributed by atoms with Gasteiger partial charge in [0.1, 0.15) is 12.3 Å². The Hall–Kier alpha value is -1.29. The van der Waals surface area contributed by atoms with E-state index in [2.05, 4.69) is 13.0 Å². The Kier molecular flexibility index (Phi) is 5.81. The summed E-state index contributed by atoms with van der Waals surface area (Å²) in [6.07, 6.45) is 5.44. The van der Waals surface area contributed by atoms with Crippen LogP contribution >= 0.6 is 0 Å². The molecule has 0 bridgehead atoms. The average molecular weight is 364 g/mol. The van der Waals surface area contributed by atoms with Crippen molar-refractivity contribution in [2.45, 2.75) is 77.0 Å². The van der Waals surface area contributed by atoms with Crippen LogP contribution < -0.4 is 15.2 Å². The third-order valence-corrected chi connectivity index (χ3v) is 6.56. The van der Waals surface area contributed by atoms with Gasteiger partial charge in [0, 0.05) is 11.0 Å². The van der Waals surface area contributed by atoms with E-state index >= 15 is 0 Å². The molecule has 0 radical (unpaired) electrons. The van der Waals surface area contributed by atoms with E-state index in [4.69, 9.17) is 15.2 Å². The van der Waals surface area contributed by atoms with Crippen molar-refractivity contribution in [2.75, 3.05) is 13.7 Å². The van der Waals surface area contributed by atoms with Crippen molar-refractivity contribution in [3.8, 4) is 11.5 Å². The molecule has 0 saturated heterocycles. The van der Waals surface area contributed by atoms with Crippen molar-refractivity contribution in [2.24, 2.45) is 17.6 Å². The number of halogens is 1. The molecule has 1 aliphatic heterocycles. The summed E-state index contributed by atoms with van der Waals surface area (Å²) in [5.74, 6) is 3.02. The smallest absolute Gasteiger partial charge is 0.165 e. The molecule has 0 spiro atoms. The highest BCUT2D eigenvalue weighted by Crippen LogP contribution is 2.60. The fourth-order valence-corrected chi connectivity index (χ4v) is 4.90. The molecule has 4 heteroatoms. The van der Waals surface area contributed by atoms with E-state index in [9.17, 15) is 4.39 Å². The number of methoxy groups -OCH3 is 1. The molecule has 3 aliphatic carbocycles. The van der Waals surface area contributed by atoms with E-state index in [1.165, 1.54) is 24.0 Å². The molecule has 2 unspecified atom stereocenters. The van der Waals surface area contributed by atoms with Gasteiger partial charge in [0.15, 0.2) is 11.5 Å². The van der Waals surface area contributed by atoms with Crippen molar-refractivity contribution in [1.29, 1.82) is 0 Å². The van der Waals surface area contributed by atoms with Gasteiger partial charge in [-0.25, -0.2) is 4.39 Å². The second kappa shape index (κ2) is 7.75. The summed E-state index contributed by atoms with van der Waals surface area (Å²) in [6.45, 7) is 7.11. The minimum atomic E-state index is -0.857. The van der Waals surface area contributed by atoms with Gasteiger partial charge in [-0.1, -0.05) is 26.8 Å². The lowest BCUT2D eigenvalue weighted by Crippen LogP contribution is -2.52. The number of benzene rings is 1. The summed E-state index contributed by atoms with van der Waals surface area (Å²) in [4.78, 5) is 0. The van der Waals surface area contributed by atoms with Crippen LogP contribution in [-0.2, 0) is 11.8 Å². The summed E-state index contributed by atoms with van der Waals surface area (Å²) in [6, 6.07) is 4.09. The van der Waals surface area contributed by atoms with Gasteiger partial charge in [-0.2, -0.15) is 0 Å². The van der Waals surface area contributed by atoms with Crippen LogP contribution in [0.2, 0.25) is 0 Å². The number of aryl methyl sites for hydroxylation is 1. The van der Waals surface area contributed by atoms with Crippen molar-refractivity contribution in [3.63, 3.8) is 0 Å². The fourth-order valence-electron chi connectivity index (χ4n) is 4.90. The van der Waals surface area contributed by atoms with Crippen LogP contribution in [0.5, 0.6) is 11.5 Å². The summed E-state index contributed by atoms with van der Waals surface area (Å²) >= 11 is 0. The number of ether oxygens (including phenoxy) is 2. The molecule has 4 aliphatic rings. The average Bonchev–Trinajstić information content (AvgIpc) is 3.45. The van der Waals surface area contributed by atoms with Crippen molar-refractivity contribution >= 4 is 0 Å². The Labute approximate surface area is 157 Å². The van der Waals surface area contributed by atoms with Gasteiger partial charge >= 0.3 is 0 Å². The van der Waals surface area contributed by atoms with E-state index < -0.39 is 6.17 Å². The summed E-state index contributed by atoms with van der Waals surface area (Å²) in [5.41, 5.74) is 7.63. The van der Waals surface area contributed by atoms with E-state index in [-0.39, 0.29) is 11.5 Å². The normalized spacial score (nSPS) is 32.9. The first-order chi connectivity index (χ1) is 12.6. The molecule has 146 valence electrons. The second-order valence-corrected chi connectivity index (χ2v) is 7.96. The van der Waals surface area contributed by atoms with Gasteiger partial charge < -0.3 is 15.2 Å². The first kappa shape index (κ1) is 19.5. The van der Waals surface area contributed by atoms with Gasteiger partial charge in [0.25, 0.3) is 0 Å². The Morgan fingerprint density at radius 1 is 1.19 bits per heavy atom. The molecule has 2 saturated carbocycles. The lowest BCUT2D eigenvalue weighted by Gasteiger charge is -2.46. The molecule has 1 aromatic rings. The number of alkyl halides is 1. The SMILES string of the molecule is CC.COc1ccc2c3c1O[C@@H]1C(F)CCC(CC2)[C@]31C.NCC1CC1. The lowest BCUT2D eigenvalue weighted by molar-refractivity contribution is -0.00927. The summed E-state index contributed by atoms with van der Waals surface area (Å²) in [7, 11) is 1.65. The molecule has 0 aromatic heterocycles. The van der Waals surface area contributed by atoms with Gasteiger partial charge in [0.2, 0.25) is 0 Å². The van der Waals surface area contributed by atoms with Crippen LogP contribution in [-0.4, -0.2) is 25.9 Å². The lowest BCUT2D eigenvalue weighted by atomic mass is 9.57. The molecule has 26 heavy (non-hydrogen) atoms. The summed E-state index contributed by atoms with van der Waals surface area (Å²) in [5, 5.41) is 0. The summed E-state index contributed by atoms with van der Waals surface area (Å²) < 4.78 is 25.8. The molecular weight excluding hydrogens is 329 g/mol. The quantitative estimate of drug-likeness (QED) is 0.822. The van der Waals surface area contributed by atoms with Crippen LogP contribution in [0.4, 0.5) is 4.39 Å². The maximum atomic E-state index is 14.3. The van der Waals surface area contributed by atoms with E-state index in [1.54, 1.807) is 7.11 Å². The van der Waals surface area contributed by atoms with Crippen molar-refractivity contribution in [1.82, 2.24) is 0 Å². The van der Waals surface area contributed by atoms with Crippen LogP contribution in [0.1, 0.15) is 64.0 Å². The minimum Gasteiger partial charge on any atom is -0.493 e. The van der Waals surface area contributed by atoms with Gasteiger partial charge in [0.05, 0.1) is 7.11 Å². The highest BCUT2D eigenvalue weighted by Gasteiger charge is 2.59. The highest BCUT2D eigenvalue weighted by molar-refractivity contribution is 5.59. The van der Waals surface area contributed by atoms with Crippen LogP contribution in [0.3, 0.4) is 0 Å². The molecule has 5 rings (SSSR count). The maximum absolute atomic E-state index is 14.3. The van der Waals surface area contributed by atoms with Crippen LogP contribution in [0.25, 0.3) is 0 Å². The molecule has 2 N–H and O–H groups in total. The van der Waals surface area contributed by atoms with Gasteiger partial charge in [-0.05, 0) is 68.5 Å². The third kappa shape index (κ3) is 3.11. The molecule has 2 fully saturated rings. The Morgan fingerprint density at radius 3 is 2.50 bits per heavy atom. The monoisotopic (exact) mass is 363 g/mol. The van der Waals surface area contributed by atoms with Crippen LogP contribution in [0.15, 0.2) is 12.1 Å². The number of nitrogens with two attached hydrogens (primary N) is 1. The standard InChI is InChI=1S/C16H19FO2.C4H9N.C2H6/c1-16-10-5-3-9-4-8-12(18-2)14(13(9)16)19-15(16)11(17)7-6-10;5-3-4-1-2-4;1-2/h4,8,10-11,15H,3,5-7H2,1-2H3;4H,1-3,5H2;1-2H3/t10?,11?,15-,16-;;/m1../s1. The predicted molar refractivity (Wildman–Crippen MR) is 104 cm³/mol. The Morgan fingerprint density at radius 2 is 1.92 bits per heavy atom. The topological polar surface area (TPSA) is 44.5 Å². The first-order valence-corrected chi connectivity index (χ1v) is 10.3. The van der Waals surface area contributed by atoms with Crippen LogP contribution in [0, 0.1) is 11.8 Å². The minimum absolute atomic E-state index is 0.158. The van der Waals surface area contributed by atoms with Gasteiger partial charge in [-0.3, -0.25) is 0 Å². The van der Waals surface area contributed by atoms with Crippen molar-refractivity contribution in [3.05, 3.63) is 23.3 Å². The zero-order valence-electron chi connectivity index (χ0n) is 16.7. The van der Waals surface area contributed by atoms with E-state index in [1.807, 2.05) is 19.9 Å². The molecule has 3 nitrogen and oxygen atoms in total. The van der Waals surface area contributed by atoms with E-state index in [0.717, 1.165) is 43.2 Å². The maximum Gasteiger partial charge on any atom is 0.165 e. The fraction of sp³-hybridized carbons (Fsp3) is 0.727. The molecular formula is C22H34FNO2. The molecule has 1 aromatic carbocycles. The number of hydrogen-bond acceptors (Lipinski definition) is 3. The van der Waals surface area contributed by atoms with E-state index in [0.29, 0.717) is 12.3 Å². The molecule has 1 heterocycles. The van der Waals surface area contributed by atoms with Crippen molar-refractivity contribution < 1.29 is 13.9 Å². The zero-order chi connectivity index (χ0) is 18.9. The Bertz CT molecular complexity index is 631. The third-order valence-electron chi connectivity index (χ3n) is 6.56. The number of rotatable bonds is 2. The molecule has 0 amide bonds. The largest absolute Gasteiger partial charge is 0.493 e. The number of hydrogen-bond donors (Lipinski definition) is 1. The first-order valence-electron chi connectivity index (χ1n) is 10.3.